The third-order valence-electron chi connectivity index (χ3n) is 4.26. The van der Waals surface area contributed by atoms with E-state index in [9.17, 15) is 4.79 Å². The lowest BCUT2D eigenvalue weighted by Crippen LogP contribution is -2.39. The second kappa shape index (κ2) is 7.37. The van der Waals surface area contributed by atoms with E-state index in [2.05, 4.69) is 15.9 Å². The number of nitrogens with zero attached hydrogens (tertiary/aromatic N) is 1. The Morgan fingerprint density at radius 2 is 1.72 bits per heavy atom. The Kier molecular flexibility index (Phi) is 5.80. The van der Waals surface area contributed by atoms with Crippen molar-refractivity contribution in [1.82, 2.24) is 4.90 Å². The molecule has 18 heavy (non-hydrogen) atoms. The van der Waals surface area contributed by atoms with E-state index in [-0.39, 0.29) is 6.09 Å². The van der Waals surface area contributed by atoms with Crippen LogP contribution in [0.4, 0.5) is 4.79 Å². The zero-order valence-corrected chi connectivity index (χ0v) is 12.7. The van der Waals surface area contributed by atoms with Crippen molar-refractivity contribution in [1.29, 1.82) is 0 Å². The number of carbonyl (C=O) groups is 1. The van der Waals surface area contributed by atoms with Crippen LogP contribution in [0.5, 0.6) is 0 Å². The number of rotatable bonds is 3. The second-order valence-corrected chi connectivity index (χ2v) is 6.31. The minimum absolute atomic E-state index is 0.0893. The van der Waals surface area contributed by atoms with Gasteiger partial charge in [0.2, 0.25) is 0 Å². The number of ether oxygens (including phenoxy) is 1. The summed E-state index contributed by atoms with van der Waals surface area (Å²) in [6.07, 6.45) is 8.54. The first-order valence-electron chi connectivity index (χ1n) is 7.27. The number of hydrogen-bond donors (Lipinski definition) is 0. The molecule has 0 aromatic rings. The molecule has 4 heteroatoms. The lowest BCUT2D eigenvalue weighted by Gasteiger charge is -2.31. The molecule has 0 aromatic heterocycles. The number of likely N-dealkylation sites (tertiary alicyclic amines) is 1. The molecule has 3 nitrogen and oxygen atoms in total. The minimum atomic E-state index is -0.0893. The van der Waals surface area contributed by atoms with Gasteiger partial charge in [0.15, 0.2) is 0 Å². The van der Waals surface area contributed by atoms with Crippen LogP contribution in [0.2, 0.25) is 0 Å². The van der Waals surface area contributed by atoms with Crippen molar-refractivity contribution in [2.24, 2.45) is 11.8 Å². The van der Waals surface area contributed by atoms with Crippen molar-refractivity contribution < 1.29 is 9.53 Å². The highest BCUT2D eigenvalue weighted by Crippen LogP contribution is 2.24. The Morgan fingerprint density at radius 1 is 1.06 bits per heavy atom. The minimum Gasteiger partial charge on any atom is -0.449 e. The molecule has 0 atom stereocenters. The highest BCUT2D eigenvalue weighted by Gasteiger charge is 2.24. The first kappa shape index (κ1) is 14.2. The zero-order chi connectivity index (χ0) is 12.8. The van der Waals surface area contributed by atoms with Gasteiger partial charge in [0.1, 0.15) is 0 Å². The topological polar surface area (TPSA) is 29.5 Å². The normalized spacial score (nSPS) is 23.1. The summed E-state index contributed by atoms with van der Waals surface area (Å²) in [5.41, 5.74) is 0. The molecule has 1 heterocycles. The number of alkyl halides is 1. The summed E-state index contributed by atoms with van der Waals surface area (Å²) in [4.78, 5) is 13.8. The van der Waals surface area contributed by atoms with Crippen LogP contribution in [0.3, 0.4) is 0 Å². The van der Waals surface area contributed by atoms with Gasteiger partial charge in [-0.05, 0) is 37.5 Å². The van der Waals surface area contributed by atoms with E-state index in [4.69, 9.17) is 4.74 Å². The summed E-state index contributed by atoms with van der Waals surface area (Å²) in [7, 11) is 0. The van der Waals surface area contributed by atoms with Gasteiger partial charge in [-0.25, -0.2) is 4.79 Å². The van der Waals surface area contributed by atoms with Gasteiger partial charge in [0.05, 0.1) is 6.61 Å². The Balaban J connectivity index is 1.65. The van der Waals surface area contributed by atoms with Crippen molar-refractivity contribution in [3.05, 3.63) is 0 Å². The van der Waals surface area contributed by atoms with E-state index in [0.29, 0.717) is 12.5 Å². The molecule has 0 radical (unpaired) electrons. The van der Waals surface area contributed by atoms with Crippen LogP contribution in [-0.4, -0.2) is 36.0 Å². The van der Waals surface area contributed by atoms with Crippen molar-refractivity contribution in [2.75, 3.05) is 25.0 Å². The fourth-order valence-corrected chi connectivity index (χ4v) is 3.55. The summed E-state index contributed by atoms with van der Waals surface area (Å²) in [6.45, 7) is 2.36. The second-order valence-electron chi connectivity index (χ2n) is 5.67. The highest BCUT2D eigenvalue weighted by molar-refractivity contribution is 9.09. The molecule has 1 aliphatic carbocycles. The van der Waals surface area contributed by atoms with E-state index >= 15 is 0 Å². The maximum absolute atomic E-state index is 11.9. The SMILES string of the molecule is O=C(OCC1CCCCC1)N1CCC(CBr)CC1. The van der Waals surface area contributed by atoms with Crippen LogP contribution in [0.15, 0.2) is 0 Å². The van der Waals surface area contributed by atoms with Crippen LogP contribution >= 0.6 is 15.9 Å². The van der Waals surface area contributed by atoms with Gasteiger partial charge in [-0.2, -0.15) is 0 Å². The third kappa shape index (κ3) is 4.15. The summed E-state index contributed by atoms with van der Waals surface area (Å²) >= 11 is 3.52. The summed E-state index contributed by atoms with van der Waals surface area (Å²) in [5.74, 6) is 1.34. The van der Waals surface area contributed by atoms with Crippen LogP contribution in [0, 0.1) is 11.8 Å². The number of carbonyl (C=O) groups excluding carboxylic acids is 1. The van der Waals surface area contributed by atoms with Crippen LogP contribution < -0.4 is 0 Å². The van der Waals surface area contributed by atoms with E-state index in [0.717, 1.165) is 37.2 Å². The average molecular weight is 318 g/mol. The summed E-state index contributed by atoms with van der Waals surface area (Å²) in [6, 6.07) is 0. The smallest absolute Gasteiger partial charge is 0.409 e. The van der Waals surface area contributed by atoms with E-state index in [1.807, 2.05) is 4.90 Å². The predicted molar refractivity (Wildman–Crippen MR) is 76.0 cm³/mol. The predicted octanol–water partition coefficient (Wildman–Crippen LogP) is 3.81. The fourth-order valence-electron chi connectivity index (χ4n) is 2.90. The molecular weight excluding hydrogens is 294 g/mol. The van der Waals surface area contributed by atoms with Crippen molar-refractivity contribution in [3.63, 3.8) is 0 Å². The van der Waals surface area contributed by atoms with Gasteiger partial charge in [-0.1, -0.05) is 35.2 Å². The molecule has 1 saturated carbocycles. The number of halogens is 1. The molecule has 2 rings (SSSR count). The number of amides is 1. The molecular formula is C14H24BrNO2. The van der Waals surface area contributed by atoms with Gasteiger partial charge in [-0.15, -0.1) is 0 Å². The first-order valence-corrected chi connectivity index (χ1v) is 8.39. The molecule has 1 aliphatic heterocycles. The van der Waals surface area contributed by atoms with E-state index in [1.165, 1.54) is 32.1 Å². The van der Waals surface area contributed by atoms with E-state index < -0.39 is 0 Å². The van der Waals surface area contributed by atoms with Crippen LogP contribution in [0.25, 0.3) is 0 Å². The van der Waals surface area contributed by atoms with Gasteiger partial charge >= 0.3 is 6.09 Å². The van der Waals surface area contributed by atoms with Gasteiger partial charge < -0.3 is 9.64 Å². The summed E-state index contributed by atoms with van der Waals surface area (Å²) in [5, 5.41) is 1.05. The van der Waals surface area contributed by atoms with Gasteiger partial charge in [-0.3, -0.25) is 0 Å². The Morgan fingerprint density at radius 3 is 2.33 bits per heavy atom. The van der Waals surface area contributed by atoms with Gasteiger partial charge in [0, 0.05) is 18.4 Å². The average Bonchev–Trinajstić information content (AvgIpc) is 2.46. The lowest BCUT2D eigenvalue weighted by molar-refractivity contribution is 0.0707. The first-order chi connectivity index (χ1) is 8.79. The molecule has 0 N–H and O–H groups in total. The maximum atomic E-state index is 11.9. The molecule has 0 unspecified atom stereocenters. The zero-order valence-electron chi connectivity index (χ0n) is 11.1. The fraction of sp³-hybridized carbons (Fsp3) is 0.929. The Bertz CT molecular complexity index is 259. The van der Waals surface area contributed by atoms with E-state index in [1.54, 1.807) is 0 Å². The lowest BCUT2D eigenvalue weighted by atomic mass is 9.90. The monoisotopic (exact) mass is 317 g/mol. The molecule has 0 bridgehead atoms. The van der Waals surface area contributed by atoms with Crippen LogP contribution in [0.1, 0.15) is 44.9 Å². The Hall–Kier alpha value is -0.250. The maximum Gasteiger partial charge on any atom is 0.409 e. The standard InChI is InChI=1S/C14H24BrNO2/c15-10-12-6-8-16(9-7-12)14(17)18-11-13-4-2-1-3-5-13/h12-13H,1-11H2. The molecule has 0 spiro atoms. The summed E-state index contributed by atoms with van der Waals surface area (Å²) < 4.78 is 5.47. The quantitative estimate of drug-likeness (QED) is 0.741. The van der Waals surface area contributed by atoms with Gasteiger partial charge in [0.25, 0.3) is 0 Å². The molecule has 104 valence electrons. The molecule has 2 aliphatic rings. The van der Waals surface area contributed by atoms with Crippen molar-refractivity contribution in [2.45, 2.75) is 44.9 Å². The van der Waals surface area contributed by atoms with Crippen molar-refractivity contribution >= 4 is 22.0 Å². The molecule has 0 aromatic carbocycles. The Labute approximate surface area is 118 Å². The van der Waals surface area contributed by atoms with Crippen molar-refractivity contribution in [3.8, 4) is 0 Å². The number of piperidine rings is 1. The molecule has 1 saturated heterocycles. The molecule has 2 fully saturated rings. The molecule has 1 amide bonds. The third-order valence-corrected chi connectivity index (χ3v) is 5.17. The van der Waals surface area contributed by atoms with Crippen LogP contribution in [-0.2, 0) is 4.74 Å². The highest BCUT2D eigenvalue weighted by atomic mass is 79.9. The number of hydrogen-bond acceptors (Lipinski definition) is 2. The largest absolute Gasteiger partial charge is 0.449 e.